The Bertz CT molecular complexity index is 596. The van der Waals surface area contributed by atoms with E-state index < -0.39 is 12.0 Å². The van der Waals surface area contributed by atoms with E-state index in [4.69, 9.17) is 0 Å². The molecule has 1 aromatic carbocycles. The van der Waals surface area contributed by atoms with E-state index in [0.29, 0.717) is 24.4 Å². The Morgan fingerprint density at radius 1 is 1.18 bits per heavy atom. The summed E-state index contributed by atoms with van der Waals surface area (Å²) in [4.78, 5) is 25.8. The van der Waals surface area contributed by atoms with Crippen LogP contribution in [0.15, 0.2) is 18.2 Å². The van der Waals surface area contributed by atoms with Crippen molar-refractivity contribution in [1.29, 1.82) is 0 Å². The minimum atomic E-state index is -0.891. The Morgan fingerprint density at radius 2 is 1.91 bits per heavy atom. The predicted molar refractivity (Wildman–Crippen MR) is 83.9 cm³/mol. The summed E-state index contributed by atoms with van der Waals surface area (Å²) in [5, 5.41) is 9.42. The maximum absolute atomic E-state index is 12.8. The quantitative estimate of drug-likeness (QED) is 0.913. The second-order valence-electron chi connectivity index (χ2n) is 6.67. The number of carboxylic acid groups (broad SMARTS) is 1. The number of aliphatic carboxylic acids is 1. The second kappa shape index (κ2) is 6.11. The van der Waals surface area contributed by atoms with Crippen molar-refractivity contribution in [2.24, 2.45) is 5.92 Å². The molecule has 4 nitrogen and oxygen atoms in total. The zero-order chi connectivity index (χ0) is 15.7. The molecule has 3 rings (SSSR count). The zero-order valence-electron chi connectivity index (χ0n) is 13.0. The fourth-order valence-corrected chi connectivity index (χ4v) is 3.65. The number of likely N-dealkylation sites (tertiary alicyclic amines) is 1. The van der Waals surface area contributed by atoms with E-state index in [9.17, 15) is 14.7 Å². The van der Waals surface area contributed by atoms with Gasteiger partial charge in [0.1, 0.15) is 6.04 Å². The van der Waals surface area contributed by atoms with Crippen LogP contribution in [0.2, 0.25) is 0 Å². The summed E-state index contributed by atoms with van der Waals surface area (Å²) in [7, 11) is 0. The molecule has 22 heavy (non-hydrogen) atoms. The SMILES string of the molecule is CC1CCN(C(=O)c2ccc3c(c2)CCCC3)C(C(=O)O)C1. The van der Waals surface area contributed by atoms with Gasteiger partial charge >= 0.3 is 5.97 Å². The van der Waals surface area contributed by atoms with Crippen molar-refractivity contribution in [1.82, 2.24) is 4.90 Å². The number of benzene rings is 1. The largest absolute Gasteiger partial charge is 0.480 e. The minimum absolute atomic E-state index is 0.132. The van der Waals surface area contributed by atoms with Crippen LogP contribution in [0.5, 0.6) is 0 Å². The van der Waals surface area contributed by atoms with Crippen molar-refractivity contribution in [3.63, 3.8) is 0 Å². The average molecular weight is 301 g/mol. The molecule has 0 aromatic heterocycles. The molecule has 2 aliphatic rings. The Balaban J connectivity index is 1.84. The van der Waals surface area contributed by atoms with Crippen LogP contribution in [-0.2, 0) is 17.6 Å². The molecule has 2 atom stereocenters. The lowest BCUT2D eigenvalue weighted by molar-refractivity contribution is -0.144. The monoisotopic (exact) mass is 301 g/mol. The predicted octanol–water partition coefficient (Wildman–Crippen LogP) is 2.89. The van der Waals surface area contributed by atoms with Crippen LogP contribution in [0.1, 0.15) is 54.1 Å². The van der Waals surface area contributed by atoms with Gasteiger partial charge in [-0.05, 0) is 67.7 Å². The highest BCUT2D eigenvalue weighted by Gasteiger charge is 2.35. The second-order valence-corrected chi connectivity index (χ2v) is 6.67. The number of carbonyl (C=O) groups excluding carboxylic acids is 1. The third-order valence-corrected chi connectivity index (χ3v) is 5.01. The normalized spacial score (nSPS) is 24.7. The van der Waals surface area contributed by atoms with Gasteiger partial charge in [-0.1, -0.05) is 13.0 Å². The topological polar surface area (TPSA) is 57.6 Å². The number of hydrogen-bond acceptors (Lipinski definition) is 2. The van der Waals surface area contributed by atoms with Crippen LogP contribution in [0.3, 0.4) is 0 Å². The molecule has 1 amide bonds. The third kappa shape index (κ3) is 2.87. The van der Waals surface area contributed by atoms with E-state index in [0.717, 1.165) is 19.3 Å². The van der Waals surface area contributed by atoms with Crippen molar-refractivity contribution in [3.05, 3.63) is 34.9 Å². The van der Waals surface area contributed by atoms with Gasteiger partial charge in [-0.2, -0.15) is 0 Å². The molecular formula is C18H23NO3. The van der Waals surface area contributed by atoms with Gasteiger partial charge in [-0.3, -0.25) is 4.79 Å². The molecule has 2 unspecified atom stereocenters. The number of amides is 1. The fraction of sp³-hybridized carbons (Fsp3) is 0.556. The smallest absolute Gasteiger partial charge is 0.326 e. The first-order valence-electron chi connectivity index (χ1n) is 8.22. The van der Waals surface area contributed by atoms with Crippen LogP contribution in [0.25, 0.3) is 0 Å². The number of piperidine rings is 1. The van der Waals surface area contributed by atoms with E-state index in [1.807, 2.05) is 18.2 Å². The first kappa shape index (κ1) is 15.1. The molecule has 1 aromatic rings. The minimum Gasteiger partial charge on any atom is -0.480 e. The van der Waals surface area contributed by atoms with Gasteiger partial charge in [0.05, 0.1) is 0 Å². The van der Waals surface area contributed by atoms with Gasteiger partial charge in [0.15, 0.2) is 0 Å². The molecule has 1 saturated heterocycles. The number of nitrogens with zero attached hydrogens (tertiary/aromatic N) is 1. The molecule has 0 bridgehead atoms. The van der Waals surface area contributed by atoms with Crippen molar-refractivity contribution < 1.29 is 14.7 Å². The number of hydrogen-bond donors (Lipinski definition) is 1. The lowest BCUT2D eigenvalue weighted by atomic mass is 9.89. The number of fused-ring (bicyclic) bond motifs is 1. The van der Waals surface area contributed by atoms with Crippen molar-refractivity contribution in [2.45, 2.75) is 51.5 Å². The van der Waals surface area contributed by atoms with Gasteiger partial charge in [0, 0.05) is 12.1 Å². The van der Waals surface area contributed by atoms with Gasteiger partial charge in [0.25, 0.3) is 5.91 Å². The van der Waals surface area contributed by atoms with Crippen LogP contribution < -0.4 is 0 Å². The Kier molecular flexibility index (Phi) is 4.19. The molecule has 0 radical (unpaired) electrons. The maximum Gasteiger partial charge on any atom is 0.326 e. The molecule has 1 fully saturated rings. The van der Waals surface area contributed by atoms with E-state index in [1.165, 1.54) is 24.0 Å². The maximum atomic E-state index is 12.8. The number of aryl methyl sites for hydroxylation is 2. The summed E-state index contributed by atoms with van der Waals surface area (Å²) in [6, 6.07) is 5.20. The van der Waals surface area contributed by atoms with Gasteiger partial charge < -0.3 is 10.0 Å². The summed E-state index contributed by atoms with van der Waals surface area (Å²) in [6.07, 6.45) is 5.92. The Morgan fingerprint density at radius 3 is 2.64 bits per heavy atom. The fourth-order valence-electron chi connectivity index (χ4n) is 3.65. The van der Waals surface area contributed by atoms with Crippen LogP contribution in [0.4, 0.5) is 0 Å². The first-order chi connectivity index (χ1) is 10.6. The van der Waals surface area contributed by atoms with Gasteiger partial charge in [-0.15, -0.1) is 0 Å². The van der Waals surface area contributed by atoms with Crippen molar-refractivity contribution in [3.8, 4) is 0 Å². The van der Waals surface area contributed by atoms with Crippen LogP contribution in [0, 0.1) is 5.92 Å². The number of carbonyl (C=O) groups is 2. The van der Waals surface area contributed by atoms with Crippen LogP contribution >= 0.6 is 0 Å². The lowest BCUT2D eigenvalue weighted by Crippen LogP contribution is -2.49. The molecule has 0 saturated carbocycles. The highest BCUT2D eigenvalue weighted by molar-refractivity contribution is 5.97. The molecule has 1 aliphatic heterocycles. The molecule has 1 heterocycles. The van der Waals surface area contributed by atoms with E-state index in [1.54, 1.807) is 4.90 Å². The molecule has 0 spiro atoms. The van der Waals surface area contributed by atoms with Crippen molar-refractivity contribution in [2.75, 3.05) is 6.54 Å². The molecule has 1 aliphatic carbocycles. The molecule has 118 valence electrons. The van der Waals surface area contributed by atoms with E-state index in [-0.39, 0.29) is 5.91 Å². The number of rotatable bonds is 2. The lowest BCUT2D eigenvalue weighted by Gasteiger charge is -2.36. The highest BCUT2D eigenvalue weighted by atomic mass is 16.4. The van der Waals surface area contributed by atoms with Gasteiger partial charge in [-0.25, -0.2) is 4.79 Å². The standard InChI is InChI=1S/C18H23NO3/c1-12-8-9-19(16(10-12)18(21)22)17(20)15-7-6-13-4-2-3-5-14(13)11-15/h6-7,11-12,16H,2-5,8-10H2,1H3,(H,21,22). The molecule has 4 heteroatoms. The summed E-state index contributed by atoms with van der Waals surface area (Å²) in [5.74, 6) is -0.667. The van der Waals surface area contributed by atoms with Gasteiger partial charge in [0.2, 0.25) is 0 Å². The molecule has 1 N–H and O–H groups in total. The highest BCUT2D eigenvalue weighted by Crippen LogP contribution is 2.27. The van der Waals surface area contributed by atoms with E-state index >= 15 is 0 Å². The first-order valence-corrected chi connectivity index (χ1v) is 8.22. The van der Waals surface area contributed by atoms with Crippen LogP contribution in [-0.4, -0.2) is 34.5 Å². The third-order valence-electron chi connectivity index (χ3n) is 5.01. The summed E-state index contributed by atoms with van der Waals surface area (Å²) in [6.45, 7) is 2.59. The Labute approximate surface area is 131 Å². The molecular weight excluding hydrogens is 278 g/mol. The number of carboxylic acids is 1. The zero-order valence-corrected chi connectivity index (χ0v) is 13.0. The summed E-state index contributed by atoms with van der Waals surface area (Å²) < 4.78 is 0. The Hall–Kier alpha value is -1.84. The summed E-state index contributed by atoms with van der Waals surface area (Å²) in [5.41, 5.74) is 3.24. The van der Waals surface area contributed by atoms with E-state index in [2.05, 4.69) is 6.92 Å². The van der Waals surface area contributed by atoms with Crippen molar-refractivity contribution >= 4 is 11.9 Å². The summed E-state index contributed by atoms with van der Waals surface area (Å²) >= 11 is 0. The average Bonchev–Trinajstić information content (AvgIpc) is 2.53.